The van der Waals surface area contributed by atoms with Gasteiger partial charge in [-0.1, -0.05) is 0 Å². The van der Waals surface area contributed by atoms with Gasteiger partial charge < -0.3 is 25.2 Å². The van der Waals surface area contributed by atoms with E-state index in [1.165, 1.54) is 7.11 Å². The highest BCUT2D eigenvalue weighted by Crippen LogP contribution is 2.20. The van der Waals surface area contributed by atoms with E-state index in [1.54, 1.807) is 11.8 Å². The minimum Gasteiger partial charge on any atom is -0.479 e. The molecule has 0 aliphatic carbocycles. The molecule has 104 valence electrons. The smallest absolute Gasteiger partial charge is 0.334 e. The minimum absolute atomic E-state index is 0.0719. The van der Waals surface area contributed by atoms with Crippen LogP contribution in [0.25, 0.3) is 0 Å². The number of hydrogen-bond acceptors (Lipinski definition) is 4. The zero-order valence-corrected chi connectivity index (χ0v) is 10.7. The Kier molecular flexibility index (Phi) is 4.92. The normalized spacial score (nSPS) is 20.3. The molecule has 0 aromatic heterocycles. The third-order valence-electron chi connectivity index (χ3n) is 3.13. The number of nitrogens with one attached hydrogen (secondary N) is 1. The summed E-state index contributed by atoms with van der Waals surface area (Å²) in [4.78, 5) is 24.0. The number of hydrogen-bond donors (Lipinski definition) is 3. The van der Waals surface area contributed by atoms with E-state index in [9.17, 15) is 14.7 Å². The van der Waals surface area contributed by atoms with Gasteiger partial charge in [0, 0.05) is 20.2 Å². The first-order valence-corrected chi connectivity index (χ1v) is 5.86. The van der Waals surface area contributed by atoms with Crippen LogP contribution in [0.4, 0.5) is 4.79 Å². The molecule has 2 amide bonds. The fourth-order valence-corrected chi connectivity index (χ4v) is 1.75. The van der Waals surface area contributed by atoms with Gasteiger partial charge in [-0.05, 0) is 19.8 Å². The number of carbonyl (C=O) groups excluding carboxylic acids is 1. The highest BCUT2D eigenvalue weighted by molar-refractivity contribution is 5.77. The summed E-state index contributed by atoms with van der Waals surface area (Å²) in [6.07, 6.45) is 0.00182. The number of methoxy groups -OCH3 is 1. The van der Waals surface area contributed by atoms with Gasteiger partial charge in [-0.3, -0.25) is 0 Å². The average Bonchev–Trinajstić information content (AvgIpc) is 2.29. The second kappa shape index (κ2) is 6.01. The van der Waals surface area contributed by atoms with E-state index in [0.717, 1.165) is 0 Å². The van der Waals surface area contributed by atoms with Gasteiger partial charge in [0.1, 0.15) is 0 Å². The Balaban J connectivity index is 2.36. The lowest BCUT2D eigenvalue weighted by Crippen LogP contribution is -2.50. The number of urea groups is 1. The van der Waals surface area contributed by atoms with Gasteiger partial charge in [0.25, 0.3) is 0 Å². The number of rotatable bonds is 4. The monoisotopic (exact) mass is 260 g/mol. The molecule has 1 fully saturated rings. The fourth-order valence-electron chi connectivity index (χ4n) is 1.75. The summed E-state index contributed by atoms with van der Waals surface area (Å²) in [6.45, 7) is 2.60. The van der Waals surface area contributed by atoms with Crippen molar-refractivity contribution < 1.29 is 24.5 Å². The second-order valence-electron chi connectivity index (χ2n) is 4.73. The maximum atomic E-state index is 11.7. The van der Waals surface area contributed by atoms with Gasteiger partial charge in [0.05, 0.1) is 12.1 Å². The first kappa shape index (κ1) is 14.7. The summed E-state index contributed by atoms with van der Waals surface area (Å²) in [5.41, 5.74) is -0.715. The van der Waals surface area contributed by atoms with Crippen LogP contribution in [0.1, 0.15) is 19.8 Å². The maximum absolute atomic E-state index is 11.7. The Labute approximate surface area is 106 Å². The molecule has 1 heterocycles. The van der Waals surface area contributed by atoms with E-state index in [1.807, 2.05) is 0 Å². The van der Waals surface area contributed by atoms with Crippen molar-refractivity contribution in [2.45, 2.75) is 31.5 Å². The van der Waals surface area contributed by atoms with Gasteiger partial charge in [0.15, 0.2) is 6.10 Å². The van der Waals surface area contributed by atoms with Crippen molar-refractivity contribution in [2.75, 3.05) is 26.7 Å². The first-order valence-electron chi connectivity index (χ1n) is 5.86. The predicted octanol–water partition coefficient (Wildman–Crippen LogP) is -0.358. The quantitative estimate of drug-likeness (QED) is 0.641. The molecule has 7 nitrogen and oxygen atoms in total. The molecule has 3 N–H and O–H groups in total. The number of aliphatic hydroxyl groups is 1. The summed E-state index contributed by atoms with van der Waals surface area (Å²) >= 11 is 0. The Bertz CT molecular complexity index is 309. The molecule has 0 radical (unpaired) electrons. The molecule has 0 bridgehead atoms. The number of carbonyl (C=O) groups is 2. The fraction of sp³-hybridized carbons (Fsp3) is 0.818. The zero-order chi connectivity index (χ0) is 13.8. The van der Waals surface area contributed by atoms with Crippen LogP contribution in [0.5, 0.6) is 0 Å². The number of ether oxygens (including phenoxy) is 1. The summed E-state index contributed by atoms with van der Waals surface area (Å²) in [5.74, 6) is -1.11. The van der Waals surface area contributed by atoms with E-state index >= 15 is 0 Å². The molecule has 18 heavy (non-hydrogen) atoms. The van der Waals surface area contributed by atoms with Crippen molar-refractivity contribution in [3.05, 3.63) is 0 Å². The number of aliphatic carboxylic acids is 1. The van der Waals surface area contributed by atoms with Crippen LogP contribution in [-0.4, -0.2) is 65.6 Å². The van der Waals surface area contributed by atoms with Crippen molar-refractivity contribution in [1.82, 2.24) is 10.2 Å². The first-order chi connectivity index (χ1) is 8.35. The van der Waals surface area contributed by atoms with Gasteiger partial charge >= 0.3 is 12.0 Å². The lowest BCUT2D eigenvalue weighted by Gasteiger charge is -2.35. The van der Waals surface area contributed by atoms with Crippen LogP contribution in [0.2, 0.25) is 0 Å². The van der Waals surface area contributed by atoms with Crippen molar-refractivity contribution >= 4 is 12.0 Å². The Morgan fingerprint density at radius 3 is 2.44 bits per heavy atom. The molecule has 1 atom stereocenters. The van der Waals surface area contributed by atoms with Crippen LogP contribution < -0.4 is 5.32 Å². The molecule has 1 saturated heterocycles. The van der Waals surface area contributed by atoms with Gasteiger partial charge in [-0.2, -0.15) is 0 Å². The van der Waals surface area contributed by atoms with E-state index in [2.05, 4.69) is 5.32 Å². The van der Waals surface area contributed by atoms with Gasteiger partial charge in [0.2, 0.25) is 0 Å². The number of carboxylic acids is 1. The standard InChI is InChI=1S/C11H20N2O5/c1-11(17)3-5-13(6-4-11)10(16)12-7-8(18-2)9(14)15/h8,17H,3-7H2,1-2H3,(H,12,16)(H,14,15). The summed E-state index contributed by atoms with van der Waals surface area (Å²) in [5, 5.41) is 21.0. The molecule has 1 unspecified atom stereocenters. The number of likely N-dealkylation sites (tertiary alicyclic amines) is 1. The highest BCUT2D eigenvalue weighted by Gasteiger charge is 2.30. The highest BCUT2D eigenvalue weighted by atomic mass is 16.5. The van der Waals surface area contributed by atoms with Crippen molar-refractivity contribution in [3.63, 3.8) is 0 Å². The number of piperidine rings is 1. The summed E-state index contributed by atoms with van der Waals surface area (Å²) < 4.78 is 4.71. The van der Waals surface area contributed by atoms with E-state index in [4.69, 9.17) is 9.84 Å². The summed E-state index contributed by atoms with van der Waals surface area (Å²) in [7, 11) is 1.28. The molecular formula is C11H20N2O5. The molecule has 1 aliphatic heterocycles. The molecular weight excluding hydrogens is 240 g/mol. The Hall–Kier alpha value is -1.34. The van der Waals surface area contributed by atoms with Crippen molar-refractivity contribution in [3.8, 4) is 0 Å². The Morgan fingerprint density at radius 2 is 2.00 bits per heavy atom. The number of carboxylic acid groups (broad SMARTS) is 1. The van der Waals surface area contributed by atoms with Crippen LogP contribution in [0, 0.1) is 0 Å². The lowest BCUT2D eigenvalue weighted by molar-refractivity contribution is -0.148. The molecule has 0 aromatic rings. The average molecular weight is 260 g/mol. The second-order valence-corrected chi connectivity index (χ2v) is 4.73. The molecule has 0 saturated carbocycles. The SMILES string of the molecule is COC(CNC(=O)N1CCC(C)(O)CC1)C(=O)O. The predicted molar refractivity (Wildman–Crippen MR) is 63.3 cm³/mol. The molecule has 7 heteroatoms. The number of amides is 2. The largest absolute Gasteiger partial charge is 0.479 e. The molecule has 1 aliphatic rings. The zero-order valence-electron chi connectivity index (χ0n) is 10.7. The minimum atomic E-state index is -1.11. The Morgan fingerprint density at radius 1 is 1.44 bits per heavy atom. The third-order valence-corrected chi connectivity index (χ3v) is 3.13. The molecule has 0 spiro atoms. The van der Waals surface area contributed by atoms with Crippen molar-refractivity contribution in [1.29, 1.82) is 0 Å². The van der Waals surface area contributed by atoms with Crippen LogP contribution in [0.15, 0.2) is 0 Å². The van der Waals surface area contributed by atoms with Gasteiger partial charge in [-0.15, -0.1) is 0 Å². The summed E-state index contributed by atoms with van der Waals surface area (Å²) in [6, 6.07) is -0.325. The van der Waals surface area contributed by atoms with Crippen LogP contribution >= 0.6 is 0 Å². The number of nitrogens with zero attached hydrogens (tertiary/aromatic N) is 1. The van der Waals surface area contributed by atoms with E-state index < -0.39 is 17.7 Å². The molecule has 1 rings (SSSR count). The van der Waals surface area contributed by atoms with E-state index in [0.29, 0.717) is 25.9 Å². The van der Waals surface area contributed by atoms with Gasteiger partial charge in [-0.25, -0.2) is 9.59 Å². The third kappa shape index (κ3) is 4.15. The lowest BCUT2D eigenvalue weighted by atomic mass is 9.94. The van der Waals surface area contributed by atoms with Crippen molar-refractivity contribution in [2.24, 2.45) is 0 Å². The van der Waals surface area contributed by atoms with Crippen LogP contribution in [0.3, 0.4) is 0 Å². The van der Waals surface area contributed by atoms with Crippen LogP contribution in [-0.2, 0) is 9.53 Å². The molecule has 0 aromatic carbocycles. The van der Waals surface area contributed by atoms with E-state index in [-0.39, 0.29) is 12.6 Å². The maximum Gasteiger partial charge on any atom is 0.334 e. The topological polar surface area (TPSA) is 99.1 Å².